The standard InChI is InChI=1S/C17H26O/c1-5-9-14(2)17(3,4)16(18)13-12-15-10-7-6-8-11-15/h6-8,10-11,14H,5,9,12-13H2,1-4H3. The number of rotatable bonds is 7. The Labute approximate surface area is 112 Å². The summed E-state index contributed by atoms with van der Waals surface area (Å²) in [5.41, 5.74) is 1.06. The Morgan fingerprint density at radius 1 is 1.22 bits per heavy atom. The van der Waals surface area contributed by atoms with Crippen LogP contribution in [0.4, 0.5) is 0 Å². The van der Waals surface area contributed by atoms with Crippen molar-refractivity contribution < 1.29 is 4.79 Å². The fourth-order valence-electron chi connectivity index (χ4n) is 2.29. The Hall–Kier alpha value is -1.11. The number of hydrogen-bond acceptors (Lipinski definition) is 1. The molecule has 1 unspecified atom stereocenters. The van der Waals surface area contributed by atoms with E-state index in [-0.39, 0.29) is 5.41 Å². The summed E-state index contributed by atoms with van der Waals surface area (Å²) in [6, 6.07) is 10.3. The quantitative estimate of drug-likeness (QED) is 0.684. The van der Waals surface area contributed by atoms with E-state index in [0.717, 1.165) is 19.3 Å². The van der Waals surface area contributed by atoms with Crippen molar-refractivity contribution in [2.24, 2.45) is 11.3 Å². The smallest absolute Gasteiger partial charge is 0.139 e. The lowest BCUT2D eigenvalue weighted by Crippen LogP contribution is -2.31. The molecular weight excluding hydrogens is 220 g/mol. The lowest BCUT2D eigenvalue weighted by atomic mass is 9.73. The van der Waals surface area contributed by atoms with Crippen LogP contribution in [0.3, 0.4) is 0 Å². The van der Waals surface area contributed by atoms with Crippen LogP contribution >= 0.6 is 0 Å². The minimum Gasteiger partial charge on any atom is -0.299 e. The van der Waals surface area contributed by atoms with E-state index in [0.29, 0.717) is 18.1 Å². The van der Waals surface area contributed by atoms with E-state index in [1.54, 1.807) is 0 Å². The van der Waals surface area contributed by atoms with Crippen molar-refractivity contribution in [3.63, 3.8) is 0 Å². The average Bonchev–Trinajstić information content (AvgIpc) is 2.37. The predicted octanol–water partition coefficient (Wildman–Crippen LogP) is 4.65. The highest BCUT2D eigenvalue weighted by Crippen LogP contribution is 2.32. The van der Waals surface area contributed by atoms with Crippen molar-refractivity contribution in [2.75, 3.05) is 0 Å². The zero-order valence-electron chi connectivity index (χ0n) is 12.2. The van der Waals surface area contributed by atoms with E-state index in [9.17, 15) is 4.79 Å². The second kappa shape index (κ2) is 6.72. The Morgan fingerprint density at radius 2 is 1.83 bits per heavy atom. The first kappa shape index (κ1) is 14.9. The third kappa shape index (κ3) is 3.97. The summed E-state index contributed by atoms with van der Waals surface area (Å²) in [5.74, 6) is 0.859. The lowest BCUT2D eigenvalue weighted by Gasteiger charge is -2.30. The molecule has 0 saturated heterocycles. The molecule has 1 rings (SSSR count). The van der Waals surface area contributed by atoms with Crippen molar-refractivity contribution in [1.29, 1.82) is 0 Å². The average molecular weight is 246 g/mol. The molecule has 1 atom stereocenters. The van der Waals surface area contributed by atoms with Crippen LogP contribution < -0.4 is 0 Å². The van der Waals surface area contributed by atoms with Crippen molar-refractivity contribution in [1.82, 2.24) is 0 Å². The fraction of sp³-hybridized carbons (Fsp3) is 0.588. The maximum Gasteiger partial charge on any atom is 0.139 e. The topological polar surface area (TPSA) is 17.1 Å². The second-order valence-corrected chi connectivity index (χ2v) is 5.82. The largest absolute Gasteiger partial charge is 0.299 e. The van der Waals surface area contributed by atoms with Gasteiger partial charge in [0.15, 0.2) is 0 Å². The summed E-state index contributed by atoms with van der Waals surface area (Å²) in [4.78, 5) is 12.4. The van der Waals surface area contributed by atoms with Gasteiger partial charge >= 0.3 is 0 Å². The molecule has 0 saturated carbocycles. The number of benzene rings is 1. The summed E-state index contributed by atoms with van der Waals surface area (Å²) in [6.07, 6.45) is 3.80. The van der Waals surface area contributed by atoms with Gasteiger partial charge < -0.3 is 0 Å². The molecule has 1 aromatic rings. The van der Waals surface area contributed by atoms with Gasteiger partial charge in [-0.3, -0.25) is 4.79 Å². The Bertz CT molecular complexity index is 364. The first-order valence-corrected chi connectivity index (χ1v) is 7.05. The molecular formula is C17H26O. The molecule has 0 heterocycles. The SMILES string of the molecule is CCCC(C)C(C)(C)C(=O)CCc1ccccc1. The minimum atomic E-state index is -0.190. The highest BCUT2D eigenvalue weighted by atomic mass is 16.1. The van der Waals surface area contributed by atoms with E-state index >= 15 is 0 Å². The molecule has 0 aliphatic carbocycles. The number of carbonyl (C=O) groups excluding carboxylic acids is 1. The van der Waals surface area contributed by atoms with E-state index in [4.69, 9.17) is 0 Å². The number of Topliss-reactive ketones (excluding diaryl/α,β-unsaturated/α-hetero) is 1. The van der Waals surface area contributed by atoms with Gasteiger partial charge in [-0.15, -0.1) is 0 Å². The van der Waals surface area contributed by atoms with Gasteiger partial charge in [0.05, 0.1) is 0 Å². The van der Waals surface area contributed by atoms with E-state index in [1.165, 1.54) is 5.56 Å². The van der Waals surface area contributed by atoms with Crippen LogP contribution in [0.2, 0.25) is 0 Å². The van der Waals surface area contributed by atoms with Crippen LogP contribution in [-0.2, 0) is 11.2 Å². The van der Waals surface area contributed by atoms with Crippen molar-refractivity contribution in [3.05, 3.63) is 35.9 Å². The normalized spacial score (nSPS) is 13.3. The van der Waals surface area contributed by atoms with Crippen LogP contribution in [-0.4, -0.2) is 5.78 Å². The third-order valence-electron chi connectivity index (χ3n) is 4.16. The third-order valence-corrected chi connectivity index (χ3v) is 4.16. The summed E-state index contributed by atoms with van der Waals surface area (Å²) in [7, 11) is 0. The lowest BCUT2D eigenvalue weighted by molar-refractivity contribution is -0.129. The molecule has 1 aromatic carbocycles. The molecule has 0 aliphatic heterocycles. The van der Waals surface area contributed by atoms with Crippen LogP contribution in [0.1, 0.15) is 52.5 Å². The van der Waals surface area contributed by atoms with Crippen molar-refractivity contribution >= 4 is 5.78 Å². The Balaban J connectivity index is 2.54. The molecule has 0 radical (unpaired) electrons. The fourth-order valence-corrected chi connectivity index (χ4v) is 2.29. The van der Waals surface area contributed by atoms with Gasteiger partial charge in [-0.25, -0.2) is 0 Å². The van der Waals surface area contributed by atoms with Gasteiger partial charge in [-0.1, -0.05) is 70.9 Å². The van der Waals surface area contributed by atoms with Crippen molar-refractivity contribution in [3.8, 4) is 0 Å². The molecule has 1 nitrogen and oxygen atoms in total. The van der Waals surface area contributed by atoms with Gasteiger partial charge in [0.2, 0.25) is 0 Å². The van der Waals surface area contributed by atoms with Crippen LogP contribution in [0.5, 0.6) is 0 Å². The molecule has 0 aliphatic rings. The van der Waals surface area contributed by atoms with Gasteiger partial charge in [0, 0.05) is 11.8 Å². The Morgan fingerprint density at radius 3 is 2.39 bits per heavy atom. The zero-order valence-corrected chi connectivity index (χ0v) is 12.2. The number of ketones is 1. The summed E-state index contributed by atoms with van der Waals surface area (Å²) in [5, 5.41) is 0. The van der Waals surface area contributed by atoms with Gasteiger partial charge in [-0.2, -0.15) is 0 Å². The molecule has 1 heteroatoms. The minimum absolute atomic E-state index is 0.190. The monoisotopic (exact) mass is 246 g/mol. The highest BCUT2D eigenvalue weighted by molar-refractivity contribution is 5.84. The first-order chi connectivity index (χ1) is 8.48. The molecule has 0 fully saturated rings. The number of aryl methyl sites for hydroxylation is 1. The van der Waals surface area contributed by atoms with E-state index in [2.05, 4.69) is 39.8 Å². The van der Waals surface area contributed by atoms with Crippen LogP contribution in [0.25, 0.3) is 0 Å². The van der Waals surface area contributed by atoms with Crippen molar-refractivity contribution in [2.45, 2.75) is 53.4 Å². The Kier molecular flexibility index (Phi) is 5.58. The van der Waals surface area contributed by atoms with Gasteiger partial charge in [-0.05, 0) is 17.9 Å². The van der Waals surface area contributed by atoms with Crippen LogP contribution in [0.15, 0.2) is 30.3 Å². The summed E-state index contributed by atoms with van der Waals surface area (Å²) < 4.78 is 0. The highest BCUT2D eigenvalue weighted by Gasteiger charge is 2.32. The maximum atomic E-state index is 12.4. The zero-order chi connectivity index (χ0) is 13.6. The number of carbonyl (C=O) groups is 1. The summed E-state index contributed by atoms with van der Waals surface area (Å²) in [6.45, 7) is 8.58. The van der Waals surface area contributed by atoms with Gasteiger partial charge in [0.25, 0.3) is 0 Å². The second-order valence-electron chi connectivity index (χ2n) is 5.82. The summed E-state index contributed by atoms with van der Waals surface area (Å²) >= 11 is 0. The molecule has 100 valence electrons. The molecule has 0 N–H and O–H groups in total. The maximum absolute atomic E-state index is 12.4. The number of hydrogen-bond donors (Lipinski definition) is 0. The molecule has 18 heavy (non-hydrogen) atoms. The first-order valence-electron chi connectivity index (χ1n) is 7.05. The van der Waals surface area contributed by atoms with Crippen LogP contribution in [0, 0.1) is 11.3 Å². The van der Waals surface area contributed by atoms with Gasteiger partial charge in [0.1, 0.15) is 5.78 Å². The molecule has 0 bridgehead atoms. The predicted molar refractivity (Wildman–Crippen MR) is 77.6 cm³/mol. The van der Waals surface area contributed by atoms with E-state index < -0.39 is 0 Å². The van der Waals surface area contributed by atoms with E-state index in [1.807, 2.05) is 18.2 Å². The molecule has 0 spiro atoms. The molecule has 0 amide bonds. The molecule has 0 aromatic heterocycles.